The molecule has 17 heavy (non-hydrogen) atoms. The number of aromatic nitrogens is 4. The first-order valence-corrected chi connectivity index (χ1v) is 5.87. The monoisotopic (exact) mass is 254 g/mol. The molecule has 0 bridgehead atoms. The van der Waals surface area contributed by atoms with Crippen molar-refractivity contribution >= 4 is 23.2 Å². The highest BCUT2D eigenvalue weighted by atomic mass is 35.5. The van der Waals surface area contributed by atoms with Crippen LogP contribution in [0.4, 0.5) is 5.82 Å². The Morgan fingerprint density at radius 2 is 2.35 bits per heavy atom. The fraction of sp³-hybridized carbons (Fsp3) is 0.500. The van der Waals surface area contributed by atoms with E-state index < -0.39 is 0 Å². The lowest BCUT2D eigenvalue weighted by Crippen LogP contribution is -2.25. The molecular formula is C10H15ClN6. The number of anilines is 1. The van der Waals surface area contributed by atoms with Crippen molar-refractivity contribution in [2.24, 2.45) is 0 Å². The molecule has 6 nitrogen and oxygen atoms in total. The molecule has 92 valence electrons. The van der Waals surface area contributed by atoms with Gasteiger partial charge in [0.15, 0.2) is 0 Å². The zero-order valence-corrected chi connectivity index (χ0v) is 10.6. The van der Waals surface area contributed by atoms with Crippen LogP contribution in [-0.4, -0.2) is 51.2 Å². The molecule has 0 saturated carbocycles. The highest BCUT2D eigenvalue weighted by molar-refractivity contribution is 6.29. The van der Waals surface area contributed by atoms with Crippen molar-refractivity contribution in [3.05, 3.63) is 17.5 Å². The average Bonchev–Trinajstić information content (AvgIpc) is 2.76. The van der Waals surface area contributed by atoms with Crippen molar-refractivity contribution in [3.63, 3.8) is 0 Å². The maximum absolute atomic E-state index is 5.91. The number of fused-ring (bicyclic) bond motifs is 1. The Morgan fingerprint density at radius 1 is 1.53 bits per heavy atom. The van der Waals surface area contributed by atoms with Crippen molar-refractivity contribution < 1.29 is 0 Å². The van der Waals surface area contributed by atoms with Gasteiger partial charge in [0, 0.05) is 19.2 Å². The molecular weight excluding hydrogens is 240 g/mol. The van der Waals surface area contributed by atoms with Crippen molar-refractivity contribution in [2.45, 2.75) is 6.92 Å². The van der Waals surface area contributed by atoms with E-state index in [1.165, 1.54) is 6.33 Å². The largest absolute Gasteiger partial charge is 0.369 e. The van der Waals surface area contributed by atoms with Gasteiger partial charge in [0.2, 0.25) is 0 Å². The number of likely N-dealkylation sites (N-methyl/N-ethyl adjacent to an activating group) is 1. The zero-order valence-electron chi connectivity index (χ0n) is 9.89. The summed E-state index contributed by atoms with van der Waals surface area (Å²) < 4.78 is 1.64. The quantitative estimate of drug-likeness (QED) is 0.811. The Hall–Kier alpha value is -1.40. The van der Waals surface area contributed by atoms with Gasteiger partial charge in [0.05, 0.1) is 0 Å². The molecule has 0 radical (unpaired) electrons. The highest BCUT2D eigenvalue weighted by Crippen LogP contribution is 2.13. The maximum atomic E-state index is 5.91. The summed E-state index contributed by atoms with van der Waals surface area (Å²) in [4.78, 5) is 10.3. The fourth-order valence-corrected chi connectivity index (χ4v) is 1.62. The molecule has 0 amide bonds. The maximum Gasteiger partial charge on any atom is 0.255 e. The van der Waals surface area contributed by atoms with E-state index in [0.29, 0.717) is 10.9 Å². The first-order valence-electron chi connectivity index (χ1n) is 5.49. The molecule has 0 unspecified atom stereocenters. The number of halogens is 1. The summed E-state index contributed by atoms with van der Waals surface area (Å²) in [5.74, 6) is 1.31. The molecule has 0 fully saturated rings. The van der Waals surface area contributed by atoms with E-state index in [0.717, 1.165) is 25.5 Å². The van der Waals surface area contributed by atoms with Gasteiger partial charge in [-0.15, -0.1) is 0 Å². The molecule has 0 spiro atoms. The van der Waals surface area contributed by atoms with Crippen LogP contribution in [0.2, 0.25) is 5.15 Å². The van der Waals surface area contributed by atoms with E-state index in [9.17, 15) is 0 Å². The highest BCUT2D eigenvalue weighted by Gasteiger charge is 2.05. The Labute approximate surface area is 105 Å². The van der Waals surface area contributed by atoms with Gasteiger partial charge in [-0.2, -0.15) is 19.6 Å². The molecule has 0 aliphatic rings. The number of nitrogens with zero attached hydrogens (tertiary/aromatic N) is 5. The van der Waals surface area contributed by atoms with E-state index in [2.05, 4.69) is 39.3 Å². The second-order valence-corrected chi connectivity index (χ2v) is 4.15. The summed E-state index contributed by atoms with van der Waals surface area (Å²) in [6.45, 7) is 4.92. The number of nitrogens with one attached hydrogen (secondary N) is 1. The van der Waals surface area contributed by atoms with Crippen LogP contribution < -0.4 is 5.32 Å². The van der Waals surface area contributed by atoms with Crippen LogP contribution >= 0.6 is 11.6 Å². The van der Waals surface area contributed by atoms with Crippen molar-refractivity contribution in [1.29, 1.82) is 0 Å². The molecule has 7 heteroatoms. The predicted octanol–water partition coefficient (Wildman–Crippen LogP) is 1.14. The normalized spacial score (nSPS) is 11.3. The van der Waals surface area contributed by atoms with E-state index in [-0.39, 0.29) is 0 Å². The average molecular weight is 255 g/mol. The van der Waals surface area contributed by atoms with Crippen LogP contribution in [0.15, 0.2) is 12.4 Å². The minimum absolute atomic E-state index is 0.414. The second kappa shape index (κ2) is 5.29. The lowest BCUT2D eigenvalue weighted by atomic mass is 10.5. The third-order valence-electron chi connectivity index (χ3n) is 2.56. The van der Waals surface area contributed by atoms with Crippen molar-refractivity contribution in [1.82, 2.24) is 24.5 Å². The summed E-state index contributed by atoms with van der Waals surface area (Å²) in [5.41, 5.74) is 0. The minimum Gasteiger partial charge on any atom is -0.369 e. The summed E-state index contributed by atoms with van der Waals surface area (Å²) in [5, 5.41) is 7.77. The van der Waals surface area contributed by atoms with Crippen LogP contribution in [0.25, 0.3) is 5.78 Å². The number of rotatable bonds is 5. The van der Waals surface area contributed by atoms with Gasteiger partial charge in [-0.1, -0.05) is 18.5 Å². The molecule has 0 aliphatic heterocycles. The van der Waals surface area contributed by atoms with Crippen LogP contribution in [0, 0.1) is 0 Å². The van der Waals surface area contributed by atoms with Gasteiger partial charge >= 0.3 is 0 Å². The first-order chi connectivity index (χ1) is 8.20. The molecule has 0 aliphatic carbocycles. The first kappa shape index (κ1) is 12.1. The molecule has 1 N–H and O–H groups in total. The van der Waals surface area contributed by atoms with E-state index in [1.807, 2.05) is 0 Å². The molecule has 2 heterocycles. The zero-order chi connectivity index (χ0) is 12.3. The smallest absolute Gasteiger partial charge is 0.255 e. The molecule has 2 aromatic rings. The Morgan fingerprint density at radius 3 is 3.12 bits per heavy atom. The third-order valence-corrected chi connectivity index (χ3v) is 2.75. The van der Waals surface area contributed by atoms with Crippen molar-refractivity contribution in [2.75, 3.05) is 32.0 Å². The van der Waals surface area contributed by atoms with Gasteiger partial charge < -0.3 is 10.2 Å². The Kier molecular flexibility index (Phi) is 3.75. The number of hydrogen-bond donors (Lipinski definition) is 1. The molecule has 0 saturated heterocycles. The van der Waals surface area contributed by atoms with Crippen molar-refractivity contribution in [3.8, 4) is 0 Å². The van der Waals surface area contributed by atoms with Gasteiger partial charge in [-0.05, 0) is 13.6 Å². The molecule has 2 rings (SSSR count). The molecule has 0 atom stereocenters. The van der Waals surface area contributed by atoms with Crippen LogP contribution in [0.3, 0.4) is 0 Å². The summed E-state index contributed by atoms with van der Waals surface area (Å²) in [6.07, 6.45) is 1.46. The molecule has 2 aromatic heterocycles. The lowest BCUT2D eigenvalue weighted by Gasteiger charge is -2.14. The van der Waals surface area contributed by atoms with Gasteiger partial charge in [0.1, 0.15) is 17.3 Å². The Bertz CT molecular complexity index is 497. The predicted molar refractivity (Wildman–Crippen MR) is 67.5 cm³/mol. The van der Waals surface area contributed by atoms with Crippen LogP contribution in [-0.2, 0) is 0 Å². The summed E-state index contributed by atoms with van der Waals surface area (Å²) in [7, 11) is 2.08. The second-order valence-electron chi connectivity index (χ2n) is 3.76. The fourth-order valence-electron chi connectivity index (χ4n) is 1.44. The summed E-state index contributed by atoms with van der Waals surface area (Å²) in [6, 6.07) is 1.75. The lowest BCUT2D eigenvalue weighted by molar-refractivity contribution is 0.367. The summed E-state index contributed by atoms with van der Waals surface area (Å²) >= 11 is 5.91. The van der Waals surface area contributed by atoms with E-state index >= 15 is 0 Å². The van der Waals surface area contributed by atoms with E-state index in [4.69, 9.17) is 11.6 Å². The number of hydrogen-bond acceptors (Lipinski definition) is 5. The minimum atomic E-state index is 0.414. The van der Waals surface area contributed by atoms with Gasteiger partial charge in [-0.25, -0.2) is 0 Å². The molecule has 0 aromatic carbocycles. The van der Waals surface area contributed by atoms with Gasteiger partial charge in [-0.3, -0.25) is 0 Å². The standard InChI is InChI=1S/C10H15ClN6/c1-3-16(2)5-4-12-9-6-8(11)15-10-13-7-14-17(9)10/h6-7,12H,3-5H2,1-2H3. The third kappa shape index (κ3) is 2.83. The van der Waals surface area contributed by atoms with Crippen LogP contribution in [0.1, 0.15) is 6.92 Å². The topological polar surface area (TPSA) is 58.3 Å². The Balaban J connectivity index is 2.09. The van der Waals surface area contributed by atoms with Gasteiger partial charge in [0.25, 0.3) is 5.78 Å². The van der Waals surface area contributed by atoms with E-state index in [1.54, 1.807) is 10.6 Å². The van der Waals surface area contributed by atoms with Crippen LogP contribution in [0.5, 0.6) is 0 Å². The SMILES string of the molecule is CCN(C)CCNc1cc(Cl)nc2ncnn12.